The van der Waals surface area contributed by atoms with Crippen LogP contribution in [0, 0.1) is 6.92 Å². The van der Waals surface area contributed by atoms with E-state index in [1.807, 2.05) is 30.5 Å². The first-order chi connectivity index (χ1) is 7.66. The summed E-state index contributed by atoms with van der Waals surface area (Å²) in [6.07, 6.45) is 2.10. The molecule has 0 fully saturated rings. The lowest BCUT2D eigenvalue weighted by molar-refractivity contribution is 0.0993. The van der Waals surface area contributed by atoms with E-state index in [0.29, 0.717) is 6.42 Å². The first-order valence-electron chi connectivity index (χ1n) is 4.84. The number of benzene rings is 1. The summed E-state index contributed by atoms with van der Waals surface area (Å²) in [5.74, 6) is 0.107. The predicted molar refractivity (Wildman–Crippen MR) is 69.0 cm³/mol. The molecule has 2 rings (SSSR count). The van der Waals surface area contributed by atoms with Crippen molar-refractivity contribution in [1.29, 1.82) is 0 Å². The Morgan fingerprint density at radius 3 is 2.94 bits per heavy atom. The number of carbonyl (C=O) groups excluding carboxylic acids is 1. The van der Waals surface area contributed by atoms with Gasteiger partial charge in [-0.05, 0) is 18.6 Å². The lowest BCUT2D eigenvalue weighted by Gasteiger charge is -2.02. The van der Waals surface area contributed by atoms with E-state index in [1.54, 1.807) is 6.20 Å². The molecule has 0 unspecified atom stereocenters. The molecule has 0 spiro atoms. The van der Waals surface area contributed by atoms with Gasteiger partial charge < -0.3 is 0 Å². The molecular formula is C12H10BrNOS. The molecule has 1 aromatic heterocycles. The van der Waals surface area contributed by atoms with Gasteiger partial charge in [-0.2, -0.15) is 0 Å². The monoisotopic (exact) mass is 295 g/mol. The number of Topliss-reactive ketones (excluding diaryl/α,β-unsaturated/α-hetero) is 1. The molecule has 2 nitrogen and oxygen atoms in total. The SMILES string of the molecule is Cc1ccc(C(=O)Cc2nccs2)cc1Br. The molecule has 0 radical (unpaired) electrons. The summed E-state index contributed by atoms with van der Waals surface area (Å²) in [4.78, 5) is 16.0. The molecule has 82 valence electrons. The van der Waals surface area contributed by atoms with Crippen molar-refractivity contribution >= 4 is 33.0 Å². The Kier molecular flexibility index (Phi) is 3.51. The summed E-state index contributed by atoms with van der Waals surface area (Å²) in [6.45, 7) is 2.00. The zero-order valence-corrected chi connectivity index (χ0v) is 11.1. The van der Waals surface area contributed by atoms with Crippen molar-refractivity contribution in [1.82, 2.24) is 4.98 Å². The van der Waals surface area contributed by atoms with Crippen LogP contribution >= 0.6 is 27.3 Å². The van der Waals surface area contributed by atoms with Crippen molar-refractivity contribution in [2.24, 2.45) is 0 Å². The topological polar surface area (TPSA) is 30.0 Å². The molecule has 0 N–H and O–H groups in total. The second kappa shape index (κ2) is 4.89. The fourth-order valence-electron chi connectivity index (χ4n) is 1.35. The van der Waals surface area contributed by atoms with Crippen LogP contribution < -0.4 is 0 Å². The van der Waals surface area contributed by atoms with Gasteiger partial charge in [0, 0.05) is 21.6 Å². The number of ketones is 1. The van der Waals surface area contributed by atoms with Crippen LogP contribution in [0.1, 0.15) is 20.9 Å². The summed E-state index contributed by atoms with van der Waals surface area (Å²) in [6, 6.07) is 5.67. The minimum atomic E-state index is 0.107. The van der Waals surface area contributed by atoms with E-state index in [1.165, 1.54) is 11.3 Å². The number of hydrogen-bond acceptors (Lipinski definition) is 3. The lowest BCUT2D eigenvalue weighted by atomic mass is 10.1. The second-order valence-electron chi connectivity index (χ2n) is 3.49. The maximum absolute atomic E-state index is 11.9. The van der Waals surface area contributed by atoms with E-state index in [2.05, 4.69) is 20.9 Å². The normalized spacial score (nSPS) is 10.4. The molecule has 0 aliphatic rings. The highest BCUT2D eigenvalue weighted by atomic mass is 79.9. The average molecular weight is 296 g/mol. The van der Waals surface area contributed by atoms with Gasteiger partial charge in [-0.15, -0.1) is 11.3 Å². The van der Waals surface area contributed by atoms with Crippen LogP contribution in [0.3, 0.4) is 0 Å². The van der Waals surface area contributed by atoms with Crippen molar-refractivity contribution in [3.63, 3.8) is 0 Å². The summed E-state index contributed by atoms with van der Waals surface area (Å²) in [5.41, 5.74) is 1.86. The lowest BCUT2D eigenvalue weighted by Crippen LogP contribution is -2.03. The zero-order chi connectivity index (χ0) is 11.5. The predicted octanol–water partition coefficient (Wildman–Crippen LogP) is 3.64. The van der Waals surface area contributed by atoms with Gasteiger partial charge in [0.1, 0.15) is 5.01 Å². The fraction of sp³-hybridized carbons (Fsp3) is 0.167. The third-order valence-corrected chi connectivity index (χ3v) is 3.92. The first kappa shape index (κ1) is 11.5. The number of rotatable bonds is 3. The van der Waals surface area contributed by atoms with Crippen LogP contribution in [0.5, 0.6) is 0 Å². The highest BCUT2D eigenvalue weighted by molar-refractivity contribution is 9.10. The Morgan fingerprint density at radius 1 is 1.50 bits per heavy atom. The van der Waals surface area contributed by atoms with Crippen molar-refractivity contribution in [2.45, 2.75) is 13.3 Å². The van der Waals surface area contributed by atoms with Gasteiger partial charge in [0.15, 0.2) is 5.78 Å². The molecule has 1 heterocycles. The highest BCUT2D eigenvalue weighted by Gasteiger charge is 2.09. The summed E-state index contributed by atoms with van der Waals surface area (Å²) < 4.78 is 0.970. The molecule has 0 aliphatic carbocycles. The Bertz CT molecular complexity index is 508. The largest absolute Gasteiger partial charge is 0.294 e. The van der Waals surface area contributed by atoms with Gasteiger partial charge in [0.25, 0.3) is 0 Å². The van der Waals surface area contributed by atoms with E-state index in [4.69, 9.17) is 0 Å². The highest BCUT2D eigenvalue weighted by Crippen LogP contribution is 2.19. The van der Waals surface area contributed by atoms with Gasteiger partial charge in [0.05, 0.1) is 6.42 Å². The molecule has 0 atom stereocenters. The molecule has 0 saturated heterocycles. The summed E-state index contributed by atoms with van der Waals surface area (Å²) in [7, 11) is 0. The number of hydrogen-bond donors (Lipinski definition) is 0. The van der Waals surface area contributed by atoms with Gasteiger partial charge in [-0.25, -0.2) is 4.98 Å². The van der Waals surface area contributed by atoms with Gasteiger partial charge >= 0.3 is 0 Å². The molecule has 0 saturated carbocycles. The third kappa shape index (κ3) is 2.57. The Morgan fingerprint density at radius 2 is 2.31 bits per heavy atom. The number of halogens is 1. The van der Waals surface area contributed by atoms with Gasteiger partial charge in [0.2, 0.25) is 0 Å². The molecule has 2 aromatic rings. The number of carbonyl (C=O) groups is 1. The Labute approximate surface area is 106 Å². The molecule has 16 heavy (non-hydrogen) atoms. The summed E-state index contributed by atoms with van der Waals surface area (Å²) >= 11 is 4.94. The zero-order valence-electron chi connectivity index (χ0n) is 8.74. The van der Waals surface area contributed by atoms with Crippen molar-refractivity contribution in [2.75, 3.05) is 0 Å². The van der Waals surface area contributed by atoms with E-state index in [-0.39, 0.29) is 5.78 Å². The molecule has 4 heteroatoms. The molecular weight excluding hydrogens is 286 g/mol. The van der Waals surface area contributed by atoms with Crippen LogP contribution in [-0.2, 0) is 6.42 Å². The molecule has 0 aliphatic heterocycles. The Balaban J connectivity index is 2.18. The maximum Gasteiger partial charge on any atom is 0.169 e. The summed E-state index contributed by atoms with van der Waals surface area (Å²) in [5, 5.41) is 2.75. The number of aromatic nitrogens is 1. The van der Waals surface area contributed by atoms with Crippen LogP contribution in [0.25, 0.3) is 0 Å². The van der Waals surface area contributed by atoms with E-state index in [9.17, 15) is 4.79 Å². The fourth-order valence-corrected chi connectivity index (χ4v) is 2.34. The van der Waals surface area contributed by atoms with Crippen LogP contribution in [0.4, 0.5) is 0 Å². The van der Waals surface area contributed by atoms with Crippen LogP contribution in [-0.4, -0.2) is 10.8 Å². The Hall–Kier alpha value is -1.00. The molecule has 1 aromatic carbocycles. The van der Waals surface area contributed by atoms with Crippen molar-refractivity contribution in [3.05, 3.63) is 50.4 Å². The third-order valence-electron chi connectivity index (χ3n) is 2.29. The molecule has 0 amide bonds. The first-order valence-corrected chi connectivity index (χ1v) is 6.52. The van der Waals surface area contributed by atoms with Crippen LogP contribution in [0.15, 0.2) is 34.2 Å². The van der Waals surface area contributed by atoms with E-state index >= 15 is 0 Å². The second-order valence-corrected chi connectivity index (χ2v) is 5.32. The van der Waals surface area contributed by atoms with E-state index < -0.39 is 0 Å². The quantitative estimate of drug-likeness (QED) is 0.809. The molecule has 0 bridgehead atoms. The maximum atomic E-state index is 11.9. The number of nitrogens with zero attached hydrogens (tertiary/aromatic N) is 1. The number of thiazole rings is 1. The van der Waals surface area contributed by atoms with E-state index in [0.717, 1.165) is 20.6 Å². The van der Waals surface area contributed by atoms with Gasteiger partial charge in [-0.1, -0.05) is 28.1 Å². The minimum absolute atomic E-state index is 0.107. The van der Waals surface area contributed by atoms with Crippen molar-refractivity contribution in [3.8, 4) is 0 Å². The minimum Gasteiger partial charge on any atom is -0.294 e. The van der Waals surface area contributed by atoms with Crippen molar-refractivity contribution < 1.29 is 4.79 Å². The number of aryl methyl sites for hydroxylation is 1. The van der Waals surface area contributed by atoms with Crippen LogP contribution in [0.2, 0.25) is 0 Å². The standard InChI is InChI=1S/C12H10BrNOS/c1-8-2-3-9(6-10(8)13)11(15)7-12-14-4-5-16-12/h2-6H,7H2,1H3. The van der Waals surface area contributed by atoms with Gasteiger partial charge in [-0.3, -0.25) is 4.79 Å². The average Bonchev–Trinajstić information content (AvgIpc) is 2.74. The smallest absolute Gasteiger partial charge is 0.169 e.